The summed E-state index contributed by atoms with van der Waals surface area (Å²) in [6.07, 6.45) is 8.89. The van der Waals surface area contributed by atoms with Crippen LogP contribution in [0.1, 0.15) is 63.0 Å². The van der Waals surface area contributed by atoms with Gasteiger partial charge < -0.3 is 5.11 Å². The van der Waals surface area contributed by atoms with Gasteiger partial charge in [0, 0.05) is 12.1 Å². The summed E-state index contributed by atoms with van der Waals surface area (Å²) in [6, 6.07) is 21.5. The quantitative estimate of drug-likeness (QED) is 0.791. The summed E-state index contributed by atoms with van der Waals surface area (Å²) in [5.41, 5.74) is 1.08. The first-order valence-corrected chi connectivity index (χ1v) is 10.8. The molecule has 0 unspecified atom stereocenters. The highest BCUT2D eigenvalue weighted by Crippen LogP contribution is 2.43. The molecule has 1 aliphatic heterocycles. The van der Waals surface area contributed by atoms with Crippen LogP contribution < -0.4 is 0 Å². The van der Waals surface area contributed by atoms with E-state index >= 15 is 0 Å². The molecule has 0 bridgehead atoms. The van der Waals surface area contributed by atoms with Crippen molar-refractivity contribution in [3.63, 3.8) is 0 Å². The van der Waals surface area contributed by atoms with Crippen molar-refractivity contribution in [2.24, 2.45) is 5.92 Å². The van der Waals surface area contributed by atoms with Gasteiger partial charge in [-0.25, -0.2) is 0 Å². The van der Waals surface area contributed by atoms with Crippen LogP contribution in [0.2, 0.25) is 0 Å². The summed E-state index contributed by atoms with van der Waals surface area (Å²) in [7, 11) is 0. The molecule has 1 aliphatic carbocycles. The maximum atomic E-state index is 12.4. The van der Waals surface area contributed by atoms with E-state index in [9.17, 15) is 5.11 Å². The van der Waals surface area contributed by atoms with Gasteiger partial charge in [-0.2, -0.15) is 0 Å². The van der Waals surface area contributed by atoms with Gasteiger partial charge in [-0.05, 0) is 49.3 Å². The van der Waals surface area contributed by atoms with Crippen LogP contribution in [0.25, 0.3) is 0 Å². The normalized spacial score (nSPS) is 25.4. The molecule has 4 rings (SSSR count). The second-order valence-electron chi connectivity index (χ2n) is 8.67. The number of aliphatic hydroxyl groups is 1. The van der Waals surface area contributed by atoms with Gasteiger partial charge >= 0.3 is 0 Å². The van der Waals surface area contributed by atoms with Crippen molar-refractivity contribution in [2.75, 3.05) is 6.54 Å². The van der Waals surface area contributed by atoms with Crippen molar-refractivity contribution in [3.05, 3.63) is 71.8 Å². The monoisotopic (exact) mass is 363 g/mol. The summed E-state index contributed by atoms with van der Waals surface area (Å²) < 4.78 is 0. The smallest absolute Gasteiger partial charge is 0.130 e. The summed E-state index contributed by atoms with van der Waals surface area (Å²) in [4.78, 5) is 2.68. The molecule has 1 heterocycles. The third-order valence-corrected chi connectivity index (χ3v) is 6.86. The molecule has 1 N–H and O–H groups in total. The van der Waals surface area contributed by atoms with Crippen LogP contribution in [-0.2, 0) is 5.60 Å². The fourth-order valence-electron chi connectivity index (χ4n) is 5.36. The van der Waals surface area contributed by atoms with E-state index < -0.39 is 5.60 Å². The molecule has 0 amide bonds. The third-order valence-electron chi connectivity index (χ3n) is 6.86. The van der Waals surface area contributed by atoms with Crippen LogP contribution in [-0.4, -0.2) is 28.6 Å². The highest BCUT2D eigenvalue weighted by Gasteiger charge is 2.47. The zero-order chi connectivity index (χ0) is 18.7. The number of nitrogens with zero attached hydrogens (tertiary/aromatic N) is 1. The van der Waals surface area contributed by atoms with E-state index in [1.807, 2.05) is 12.1 Å². The van der Waals surface area contributed by atoms with Gasteiger partial charge in [-0.15, -0.1) is 0 Å². The lowest BCUT2D eigenvalue weighted by Gasteiger charge is -2.51. The maximum absolute atomic E-state index is 12.4. The Balaban J connectivity index is 1.79. The molecule has 1 saturated heterocycles. The molecule has 2 aromatic rings. The zero-order valence-corrected chi connectivity index (χ0v) is 16.6. The molecule has 1 saturated carbocycles. The second kappa shape index (κ2) is 8.16. The van der Waals surface area contributed by atoms with Crippen molar-refractivity contribution in [1.29, 1.82) is 0 Å². The molecule has 2 atom stereocenters. The first-order chi connectivity index (χ1) is 13.2. The molecule has 2 fully saturated rings. The van der Waals surface area contributed by atoms with Crippen molar-refractivity contribution in [2.45, 2.75) is 69.6 Å². The van der Waals surface area contributed by atoms with Crippen LogP contribution in [0, 0.1) is 5.92 Å². The molecule has 2 aliphatic rings. The molecular weight excluding hydrogens is 330 g/mol. The minimum Gasteiger partial charge on any atom is -0.379 e. The van der Waals surface area contributed by atoms with Crippen molar-refractivity contribution in [1.82, 2.24) is 4.90 Å². The van der Waals surface area contributed by atoms with E-state index in [0.717, 1.165) is 24.1 Å². The average Bonchev–Trinajstić information content (AvgIpc) is 2.75. The Morgan fingerprint density at radius 1 is 0.815 bits per heavy atom. The van der Waals surface area contributed by atoms with E-state index in [1.54, 1.807) is 0 Å². The number of piperidine rings is 1. The Hall–Kier alpha value is -1.64. The van der Waals surface area contributed by atoms with Crippen LogP contribution in [0.15, 0.2) is 60.7 Å². The molecule has 2 nitrogen and oxygen atoms in total. The molecule has 2 heteroatoms. The topological polar surface area (TPSA) is 23.5 Å². The number of likely N-dealkylation sites (tertiary alicyclic amines) is 1. The van der Waals surface area contributed by atoms with Gasteiger partial charge in [-0.1, -0.05) is 86.8 Å². The predicted molar refractivity (Wildman–Crippen MR) is 112 cm³/mol. The maximum Gasteiger partial charge on any atom is 0.130 e. The van der Waals surface area contributed by atoms with E-state index in [-0.39, 0.29) is 6.04 Å². The van der Waals surface area contributed by atoms with E-state index in [1.165, 1.54) is 38.5 Å². The fraction of sp³-hybridized carbons (Fsp3) is 0.520. The van der Waals surface area contributed by atoms with Gasteiger partial charge in [0.1, 0.15) is 5.60 Å². The Bertz CT molecular complexity index is 668. The summed E-state index contributed by atoms with van der Waals surface area (Å²) in [5, 5.41) is 12.4. The molecule has 144 valence electrons. The number of hydrogen-bond donors (Lipinski definition) is 1. The van der Waals surface area contributed by atoms with E-state index in [4.69, 9.17) is 0 Å². The molecule has 0 aromatic heterocycles. The molecule has 0 spiro atoms. The summed E-state index contributed by atoms with van der Waals surface area (Å²) in [6.45, 7) is 3.46. The fourth-order valence-corrected chi connectivity index (χ4v) is 5.36. The number of hydrogen-bond acceptors (Lipinski definition) is 2. The van der Waals surface area contributed by atoms with Gasteiger partial charge in [-0.3, -0.25) is 4.90 Å². The molecule has 27 heavy (non-hydrogen) atoms. The Morgan fingerprint density at radius 3 is 1.93 bits per heavy atom. The minimum atomic E-state index is -0.964. The SMILES string of the molecule is C[C@@H]1CCN(C2CCCCC2)[C@@H](C(O)(c2ccccc2)c2ccccc2)C1. The first-order valence-electron chi connectivity index (χ1n) is 10.8. The zero-order valence-electron chi connectivity index (χ0n) is 16.6. The van der Waals surface area contributed by atoms with Crippen LogP contribution in [0.5, 0.6) is 0 Å². The lowest BCUT2D eigenvalue weighted by molar-refractivity contribution is -0.0705. The molecule has 2 aromatic carbocycles. The highest BCUT2D eigenvalue weighted by molar-refractivity contribution is 5.38. The predicted octanol–water partition coefficient (Wildman–Crippen LogP) is 5.36. The van der Waals surface area contributed by atoms with Gasteiger partial charge in [0.15, 0.2) is 0 Å². The van der Waals surface area contributed by atoms with Crippen LogP contribution >= 0.6 is 0 Å². The largest absolute Gasteiger partial charge is 0.379 e. The number of benzene rings is 2. The molecular formula is C25H33NO. The number of rotatable bonds is 4. The van der Waals surface area contributed by atoms with Gasteiger partial charge in [0.05, 0.1) is 0 Å². The molecule has 0 radical (unpaired) electrons. The minimum absolute atomic E-state index is 0.133. The van der Waals surface area contributed by atoms with Gasteiger partial charge in [0.2, 0.25) is 0 Å². The van der Waals surface area contributed by atoms with Crippen molar-refractivity contribution in [3.8, 4) is 0 Å². The van der Waals surface area contributed by atoms with E-state index in [2.05, 4.69) is 60.4 Å². The van der Waals surface area contributed by atoms with Crippen LogP contribution in [0.3, 0.4) is 0 Å². The lowest BCUT2D eigenvalue weighted by Crippen LogP contribution is -2.58. The van der Waals surface area contributed by atoms with Crippen LogP contribution in [0.4, 0.5) is 0 Å². The van der Waals surface area contributed by atoms with Gasteiger partial charge in [0.25, 0.3) is 0 Å². The van der Waals surface area contributed by atoms with E-state index in [0.29, 0.717) is 12.0 Å². The summed E-state index contributed by atoms with van der Waals surface area (Å²) in [5.74, 6) is 0.647. The average molecular weight is 364 g/mol. The third kappa shape index (κ3) is 3.70. The standard InChI is InChI=1S/C25H33NO/c1-20-17-18-26(23-15-9-4-10-16-23)24(19-20)25(27,21-11-5-2-6-12-21)22-13-7-3-8-14-22/h2-3,5-8,11-14,20,23-24,27H,4,9-10,15-19H2,1H3/t20-,24-/m1/s1. The summed E-state index contributed by atoms with van der Waals surface area (Å²) >= 11 is 0. The second-order valence-corrected chi connectivity index (χ2v) is 8.67. The first kappa shape index (κ1) is 18.7. The Labute approximate surface area is 164 Å². The lowest BCUT2D eigenvalue weighted by atomic mass is 9.73. The van der Waals surface area contributed by atoms with Crippen molar-refractivity contribution < 1.29 is 5.11 Å². The Morgan fingerprint density at radius 2 is 1.37 bits per heavy atom. The Kier molecular flexibility index (Phi) is 5.66. The van der Waals surface area contributed by atoms with Crippen molar-refractivity contribution >= 4 is 0 Å². The highest BCUT2D eigenvalue weighted by atomic mass is 16.3.